The van der Waals surface area contributed by atoms with Gasteiger partial charge in [-0.25, -0.2) is 14.6 Å². The first-order valence-corrected chi connectivity index (χ1v) is 21.7. The van der Waals surface area contributed by atoms with Gasteiger partial charge in [0.25, 0.3) is 0 Å². The smallest absolute Gasteiger partial charge is 0.407 e. The second-order valence-corrected chi connectivity index (χ2v) is 17.3. The van der Waals surface area contributed by atoms with Crippen LogP contribution in [0.4, 0.5) is 15.3 Å². The van der Waals surface area contributed by atoms with Crippen molar-refractivity contribution in [3.63, 3.8) is 0 Å². The van der Waals surface area contributed by atoms with Crippen molar-refractivity contribution in [2.75, 3.05) is 21.3 Å². The predicted molar refractivity (Wildman–Crippen MR) is 234 cm³/mol. The Morgan fingerprint density at radius 2 is 1.60 bits per heavy atom. The minimum atomic E-state index is -0.907. The number of methoxy groups -OCH3 is 3. The van der Waals surface area contributed by atoms with E-state index in [0.29, 0.717) is 13.0 Å². The molecule has 0 saturated carbocycles. The largest absolute Gasteiger partial charge is 0.488 e. The van der Waals surface area contributed by atoms with E-state index in [0.717, 1.165) is 99.4 Å². The average molecular weight is 848 g/mol. The van der Waals surface area contributed by atoms with Crippen LogP contribution in [0.5, 0.6) is 5.75 Å². The van der Waals surface area contributed by atoms with Crippen molar-refractivity contribution in [2.45, 2.75) is 122 Å². The molecular formula is C47H57N7O8. The molecule has 3 N–H and O–H groups in total. The zero-order valence-electron chi connectivity index (χ0n) is 36.7. The molecule has 4 amide bonds. The number of aromatic amines is 1. The summed E-state index contributed by atoms with van der Waals surface area (Å²) in [7, 11) is 4.09. The molecule has 2 saturated heterocycles. The van der Waals surface area contributed by atoms with Gasteiger partial charge in [0.1, 0.15) is 30.3 Å². The molecule has 5 heterocycles. The summed E-state index contributed by atoms with van der Waals surface area (Å²) in [6.45, 7) is 10.1. The molecule has 0 radical (unpaired) electrons. The number of ether oxygens (including phenoxy) is 4. The zero-order valence-corrected chi connectivity index (χ0v) is 36.7. The van der Waals surface area contributed by atoms with Crippen molar-refractivity contribution >= 4 is 46.2 Å². The lowest BCUT2D eigenvalue weighted by atomic mass is 9.91. The van der Waals surface area contributed by atoms with Crippen molar-refractivity contribution in [2.24, 2.45) is 10.9 Å². The van der Waals surface area contributed by atoms with Gasteiger partial charge in [-0.05, 0) is 109 Å². The number of benzene rings is 3. The van der Waals surface area contributed by atoms with Gasteiger partial charge in [0.2, 0.25) is 11.8 Å². The summed E-state index contributed by atoms with van der Waals surface area (Å²) in [6, 6.07) is 12.7. The maximum absolute atomic E-state index is 14.1. The summed E-state index contributed by atoms with van der Waals surface area (Å²) < 4.78 is 21.6. The number of carbonyl (C=O) groups excluding carboxylic acids is 4. The van der Waals surface area contributed by atoms with Gasteiger partial charge in [-0.15, -0.1) is 0 Å². The van der Waals surface area contributed by atoms with E-state index in [1.807, 2.05) is 36.8 Å². The zero-order chi connectivity index (χ0) is 44.0. The van der Waals surface area contributed by atoms with Gasteiger partial charge < -0.3 is 44.4 Å². The molecule has 8 rings (SSSR count). The Balaban J connectivity index is 1.02. The molecule has 3 aromatic carbocycles. The van der Waals surface area contributed by atoms with E-state index in [9.17, 15) is 19.2 Å². The molecule has 4 aromatic rings. The topological polar surface area (TPSA) is 177 Å². The van der Waals surface area contributed by atoms with Crippen LogP contribution in [0, 0.1) is 5.92 Å². The monoisotopic (exact) mass is 847 g/mol. The van der Waals surface area contributed by atoms with Gasteiger partial charge in [0.05, 0.1) is 50.0 Å². The minimum Gasteiger partial charge on any atom is -0.488 e. The minimum absolute atomic E-state index is 0.0353. The van der Waals surface area contributed by atoms with Crippen LogP contribution >= 0.6 is 0 Å². The molecule has 15 heteroatoms. The van der Waals surface area contributed by atoms with Crippen LogP contribution in [0.2, 0.25) is 0 Å². The molecule has 2 fully saturated rings. The second-order valence-electron chi connectivity index (χ2n) is 17.3. The van der Waals surface area contributed by atoms with Crippen molar-refractivity contribution in [1.29, 1.82) is 0 Å². The fourth-order valence-corrected chi connectivity index (χ4v) is 9.83. The number of H-pyrrole nitrogens is 1. The highest BCUT2D eigenvalue weighted by molar-refractivity contribution is 6.06. The molecule has 15 nitrogen and oxygen atoms in total. The number of hydrogen-bond donors (Lipinski definition) is 3. The normalized spacial score (nSPS) is 21.7. The summed E-state index contributed by atoms with van der Waals surface area (Å²) in [6.07, 6.45) is 4.55. The summed E-state index contributed by atoms with van der Waals surface area (Å²) in [5, 5.41) is 7.58. The van der Waals surface area contributed by atoms with Crippen LogP contribution in [-0.2, 0) is 36.8 Å². The van der Waals surface area contributed by atoms with Crippen molar-refractivity contribution in [3.05, 3.63) is 65.6 Å². The van der Waals surface area contributed by atoms with E-state index in [-0.39, 0.29) is 41.9 Å². The molecule has 0 unspecified atom stereocenters. The number of aliphatic imine (C=N–C) groups is 1. The SMILES string of the molecule is CC[C@H]1CC[C@@H](c2ncc(-c3ccc4c(c3)COc3cc5c6c(ccc5cc3-4)N=C([C@@H]3CC[C@H](C)N3C(=O)[C@@H](NC(=O)OC)[C@@H](C)OC)C6)[nH]2)N1C(=O)[C@@H](NC(=O)OC)C(C)C. The summed E-state index contributed by atoms with van der Waals surface area (Å²) in [5.41, 5.74) is 7.90. The third-order valence-corrected chi connectivity index (χ3v) is 13.3. The number of hydrogen-bond acceptors (Lipinski definition) is 10. The number of nitrogens with one attached hydrogen (secondary N) is 3. The van der Waals surface area contributed by atoms with Crippen molar-refractivity contribution in [1.82, 2.24) is 30.4 Å². The molecule has 62 heavy (non-hydrogen) atoms. The van der Waals surface area contributed by atoms with Crippen LogP contribution in [-0.4, -0.2) is 107 Å². The fourth-order valence-electron chi connectivity index (χ4n) is 9.83. The summed E-state index contributed by atoms with van der Waals surface area (Å²) in [5.74, 6) is 1.04. The van der Waals surface area contributed by atoms with E-state index in [1.165, 1.54) is 21.3 Å². The summed E-state index contributed by atoms with van der Waals surface area (Å²) >= 11 is 0. The van der Waals surface area contributed by atoms with Gasteiger partial charge in [-0.2, -0.15) is 0 Å². The first-order valence-electron chi connectivity index (χ1n) is 21.7. The van der Waals surface area contributed by atoms with Crippen LogP contribution in [0.25, 0.3) is 33.2 Å². The lowest BCUT2D eigenvalue weighted by molar-refractivity contribution is -0.138. The number of alkyl carbamates (subject to hydrolysis) is 2. The molecule has 0 spiro atoms. The third-order valence-electron chi connectivity index (χ3n) is 13.3. The number of aromatic nitrogens is 2. The number of carbonyl (C=O) groups is 4. The van der Waals surface area contributed by atoms with Gasteiger partial charge in [-0.3, -0.25) is 14.6 Å². The lowest BCUT2D eigenvalue weighted by Gasteiger charge is -2.34. The number of fused-ring (bicyclic) bond motifs is 6. The van der Waals surface area contributed by atoms with Crippen LogP contribution in [0.3, 0.4) is 0 Å². The first-order chi connectivity index (χ1) is 29.8. The third kappa shape index (κ3) is 7.75. The molecule has 4 aliphatic heterocycles. The fraction of sp³-hybridized carbons (Fsp3) is 0.489. The number of nitrogens with zero attached hydrogens (tertiary/aromatic N) is 4. The Bertz CT molecular complexity index is 2430. The van der Waals surface area contributed by atoms with Gasteiger partial charge in [0.15, 0.2) is 0 Å². The molecule has 0 aliphatic carbocycles. The van der Waals surface area contributed by atoms with E-state index in [2.05, 4.69) is 65.0 Å². The Labute approximate surface area is 361 Å². The van der Waals surface area contributed by atoms with Crippen molar-refractivity contribution in [3.8, 4) is 28.1 Å². The lowest BCUT2D eigenvalue weighted by Crippen LogP contribution is -2.57. The molecule has 4 aliphatic rings. The van der Waals surface area contributed by atoms with E-state index in [4.69, 9.17) is 28.9 Å². The predicted octanol–water partition coefficient (Wildman–Crippen LogP) is 7.38. The highest BCUT2D eigenvalue weighted by Gasteiger charge is 2.44. The molecule has 0 bridgehead atoms. The van der Waals surface area contributed by atoms with Crippen LogP contribution in [0.15, 0.2) is 53.7 Å². The highest BCUT2D eigenvalue weighted by atomic mass is 16.5. The standard InChI is InChI=1S/C47H57N7O8/c1-9-30-13-17-39(54(30)44(55)41(24(2)3)51-46(57)60-7)43-48-22-37(50-43)28-11-14-31-29(18-28)23-62-40-21-32-27(19-34(31)40)12-15-35-33(32)20-36(49-35)38-16-10-25(4)53(38)45(56)42(26(5)59-6)52-47(58)61-8/h11-12,14-15,18-19,21-22,24-26,30,38-39,41-42H,9-10,13,16-17,20,23H2,1-8H3,(H,48,50)(H,51,57)(H,52,58)/t25-,26+,30-,38-,39-,41-,42-/m0/s1. The second kappa shape index (κ2) is 17.4. The van der Waals surface area contributed by atoms with Crippen molar-refractivity contribution < 1.29 is 38.1 Å². The number of imidazole rings is 1. The van der Waals surface area contributed by atoms with Crippen LogP contribution in [0.1, 0.15) is 89.7 Å². The van der Waals surface area contributed by atoms with E-state index >= 15 is 0 Å². The average Bonchev–Trinajstić information content (AvgIpc) is 4.11. The van der Waals surface area contributed by atoms with Gasteiger partial charge >= 0.3 is 12.2 Å². The highest BCUT2D eigenvalue weighted by Crippen LogP contribution is 2.45. The maximum Gasteiger partial charge on any atom is 0.407 e. The van der Waals surface area contributed by atoms with Crippen LogP contribution < -0.4 is 15.4 Å². The number of rotatable bonds is 11. The van der Waals surface area contributed by atoms with E-state index in [1.54, 1.807) is 6.92 Å². The number of likely N-dealkylation sites (tertiary alicyclic amines) is 2. The Morgan fingerprint density at radius 3 is 2.31 bits per heavy atom. The Hall–Kier alpha value is -5.96. The van der Waals surface area contributed by atoms with E-state index < -0.39 is 30.4 Å². The van der Waals surface area contributed by atoms with Gasteiger partial charge in [-0.1, -0.05) is 39.0 Å². The molecule has 7 atom stereocenters. The Kier molecular flexibility index (Phi) is 12.0. The number of amides is 4. The quantitative estimate of drug-likeness (QED) is 0.139. The molecule has 1 aromatic heterocycles. The van der Waals surface area contributed by atoms with Gasteiger partial charge in [0, 0.05) is 36.9 Å². The maximum atomic E-state index is 14.1. The molecular weight excluding hydrogens is 791 g/mol. The summed E-state index contributed by atoms with van der Waals surface area (Å²) in [4.78, 5) is 69.7. The first kappa shape index (κ1) is 42.7. The Morgan fingerprint density at radius 1 is 0.871 bits per heavy atom. The molecule has 328 valence electrons.